The van der Waals surface area contributed by atoms with Crippen LogP contribution in [-0.4, -0.2) is 24.9 Å². The summed E-state index contributed by atoms with van der Waals surface area (Å²) in [5.74, 6) is 1.32. The highest BCUT2D eigenvalue weighted by atomic mass is 35.5. The lowest BCUT2D eigenvalue weighted by molar-refractivity contribution is 0.107. The molecule has 3 nitrogen and oxygen atoms in total. The highest BCUT2D eigenvalue weighted by Crippen LogP contribution is 2.24. The van der Waals surface area contributed by atoms with Crippen LogP contribution >= 0.6 is 23.2 Å². The van der Waals surface area contributed by atoms with Crippen molar-refractivity contribution in [3.63, 3.8) is 0 Å². The van der Waals surface area contributed by atoms with E-state index in [1.807, 2.05) is 0 Å². The van der Waals surface area contributed by atoms with Crippen molar-refractivity contribution in [1.82, 2.24) is 0 Å². The van der Waals surface area contributed by atoms with Gasteiger partial charge in [0, 0.05) is 16.5 Å². The van der Waals surface area contributed by atoms with E-state index in [9.17, 15) is 5.11 Å². The van der Waals surface area contributed by atoms with Gasteiger partial charge in [-0.3, -0.25) is 0 Å². The third kappa shape index (κ3) is 4.81. The fourth-order valence-electron chi connectivity index (χ4n) is 1.97. The molecule has 2 aromatic carbocycles. The summed E-state index contributed by atoms with van der Waals surface area (Å²) in [7, 11) is 1.58. The van der Waals surface area contributed by atoms with Crippen LogP contribution in [0.2, 0.25) is 10.0 Å². The van der Waals surface area contributed by atoms with Crippen LogP contribution in [0, 0.1) is 0 Å². The Labute approximate surface area is 134 Å². The Morgan fingerprint density at radius 3 is 2.57 bits per heavy atom. The van der Waals surface area contributed by atoms with Gasteiger partial charge in [-0.1, -0.05) is 29.3 Å². The number of hydrogen-bond acceptors (Lipinski definition) is 3. The fourth-order valence-corrected chi connectivity index (χ4v) is 2.34. The van der Waals surface area contributed by atoms with Crippen LogP contribution in [0.25, 0.3) is 0 Å². The number of benzene rings is 2. The molecule has 0 aliphatic carbocycles. The lowest BCUT2D eigenvalue weighted by Crippen LogP contribution is -2.20. The molecule has 112 valence electrons. The average molecular weight is 327 g/mol. The second-order valence-corrected chi connectivity index (χ2v) is 5.46. The summed E-state index contributed by atoms with van der Waals surface area (Å²) in [6.07, 6.45) is -0.277. The zero-order valence-corrected chi connectivity index (χ0v) is 13.1. The molecule has 0 aliphatic heterocycles. The van der Waals surface area contributed by atoms with Crippen LogP contribution in [0.15, 0.2) is 42.5 Å². The molecular formula is C16H16Cl2O3. The number of methoxy groups -OCH3 is 1. The molecule has 1 atom stereocenters. The molecule has 21 heavy (non-hydrogen) atoms. The third-order valence-electron chi connectivity index (χ3n) is 2.94. The summed E-state index contributed by atoms with van der Waals surface area (Å²) in [6.45, 7) is 0.163. The fraction of sp³-hybridized carbons (Fsp3) is 0.250. The molecule has 0 aliphatic rings. The predicted octanol–water partition coefficient (Wildman–Crippen LogP) is 3.98. The monoisotopic (exact) mass is 326 g/mol. The van der Waals surface area contributed by atoms with Gasteiger partial charge in [0.1, 0.15) is 18.1 Å². The van der Waals surface area contributed by atoms with Gasteiger partial charge in [-0.15, -0.1) is 0 Å². The van der Waals surface area contributed by atoms with Gasteiger partial charge in [-0.05, 0) is 42.0 Å². The van der Waals surface area contributed by atoms with Crippen LogP contribution in [0.5, 0.6) is 11.5 Å². The van der Waals surface area contributed by atoms with Gasteiger partial charge in [0.25, 0.3) is 0 Å². The van der Waals surface area contributed by atoms with Gasteiger partial charge < -0.3 is 14.6 Å². The summed E-state index contributed by atoms with van der Waals surface area (Å²) < 4.78 is 10.8. The normalized spacial score (nSPS) is 12.0. The van der Waals surface area contributed by atoms with Crippen molar-refractivity contribution in [3.05, 3.63) is 58.1 Å². The molecule has 0 heterocycles. The van der Waals surface area contributed by atoms with Crippen LogP contribution in [0.1, 0.15) is 5.56 Å². The van der Waals surface area contributed by atoms with Crippen molar-refractivity contribution in [1.29, 1.82) is 0 Å². The standard InChI is InChI=1S/C16H16Cl2O3/c1-20-16-6-5-13(18)7-11(16)8-14(19)10-21-15-4-2-3-12(17)9-15/h2-7,9,14,19H,8,10H2,1H3. The molecule has 0 amide bonds. The molecule has 1 unspecified atom stereocenters. The molecule has 0 saturated carbocycles. The summed E-state index contributed by atoms with van der Waals surface area (Å²) >= 11 is 11.8. The first-order valence-corrected chi connectivity index (χ1v) is 7.23. The molecule has 0 fully saturated rings. The van der Waals surface area contributed by atoms with Crippen LogP contribution in [0.4, 0.5) is 0 Å². The SMILES string of the molecule is COc1ccc(Cl)cc1CC(O)COc1cccc(Cl)c1. The number of hydrogen-bond donors (Lipinski definition) is 1. The molecule has 2 aromatic rings. The molecule has 1 N–H and O–H groups in total. The van der Waals surface area contributed by atoms with Crippen molar-refractivity contribution >= 4 is 23.2 Å². The molecule has 0 spiro atoms. The molecule has 0 saturated heterocycles. The zero-order valence-electron chi connectivity index (χ0n) is 11.6. The van der Waals surface area contributed by atoms with Crippen LogP contribution in [-0.2, 0) is 6.42 Å². The van der Waals surface area contributed by atoms with Gasteiger partial charge in [0.15, 0.2) is 0 Å². The Hall–Kier alpha value is -1.42. The summed E-state index contributed by atoms with van der Waals surface area (Å²) in [5.41, 5.74) is 0.840. The maximum Gasteiger partial charge on any atom is 0.122 e. The smallest absolute Gasteiger partial charge is 0.122 e. The molecule has 5 heteroatoms. The van der Waals surface area contributed by atoms with E-state index in [1.54, 1.807) is 49.6 Å². The van der Waals surface area contributed by atoms with Crippen molar-refractivity contribution in [2.75, 3.05) is 13.7 Å². The first-order valence-electron chi connectivity index (χ1n) is 6.47. The molecule has 2 rings (SSSR count). The lowest BCUT2D eigenvalue weighted by atomic mass is 10.1. The van der Waals surface area contributed by atoms with E-state index in [0.29, 0.717) is 28.0 Å². The highest BCUT2D eigenvalue weighted by molar-refractivity contribution is 6.31. The maximum atomic E-state index is 10.1. The van der Waals surface area contributed by atoms with E-state index in [1.165, 1.54) is 0 Å². The van der Waals surface area contributed by atoms with Crippen molar-refractivity contribution < 1.29 is 14.6 Å². The van der Waals surface area contributed by atoms with Gasteiger partial charge >= 0.3 is 0 Å². The number of rotatable bonds is 6. The molecular weight excluding hydrogens is 311 g/mol. The van der Waals surface area contributed by atoms with Crippen LogP contribution < -0.4 is 9.47 Å². The Morgan fingerprint density at radius 2 is 1.86 bits per heavy atom. The zero-order chi connectivity index (χ0) is 15.2. The van der Waals surface area contributed by atoms with E-state index >= 15 is 0 Å². The van der Waals surface area contributed by atoms with E-state index in [-0.39, 0.29) is 6.61 Å². The minimum atomic E-state index is -0.670. The Morgan fingerprint density at radius 1 is 1.10 bits per heavy atom. The first kappa shape index (κ1) is 16.0. The van der Waals surface area contributed by atoms with Gasteiger partial charge in [0.05, 0.1) is 13.2 Å². The third-order valence-corrected chi connectivity index (χ3v) is 3.41. The van der Waals surface area contributed by atoms with E-state index < -0.39 is 6.10 Å². The number of halogens is 2. The van der Waals surface area contributed by atoms with Crippen molar-refractivity contribution in [2.24, 2.45) is 0 Å². The quantitative estimate of drug-likeness (QED) is 0.872. The number of aliphatic hydroxyl groups is 1. The summed E-state index contributed by atoms with van der Waals surface area (Å²) in [5, 5.41) is 11.3. The molecule has 0 bridgehead atoms. The minimum Gasteiger partial charge on any atom is -0.496 e. The lowest BCUT2D eigenvalue weighted by Gasteiger charge is -2.15. The van der Waals surface area contributed by atoms with Gasteiger partial charge in [0.2, 0.25) is 0 Å². The van der Waals surface area contributed by atoms with E-state index in [2.05, 4.69) is 0 Å². The molecule has 0 aromatic heterocycles. The second-order valence-electron chi connectivity index (χ2n) is 4.58. The van der Waals surface area contributed by atoms with Crippen molar-refractivity contribution in [3.8, 4) is 11.5 Å². The maximum absolute atomic E-state index is 10.1. The largest absolute Gasteiger partial charge is 0.496 e. The Balaban J connectivity index is 1.95. The topological polar surface area (TPSA) is 38.7 Å². The highest BCUT2D eigenvalue weighted by Gasteiger charge is 2.11. The number of ether oxygens (including phenoxy) is 2. The first-order chi connectivity index (χ1) is 10.1. The molecule has 0 radical (unpaired) electrons. The predicted molar refractivity (Wildman–Crippen MR) is 84.7 cm³/mol. The van der Waals surface area contributed by atoms with Crippen LogP contribution in [0.3, 0.4) is 0 Å². The Kier molecular flexibility index (Phi) is 5.74. The van der Waals surface area contributed by atoms with E-state index in [4.69, 9.17) is 32.7 Å². The summed E-state index contributed by atoms with van der Waals surface area (Å²) in [4.78, 5) is 0. The van der Waals surface area contributed by atoms with Gasteiger partial charge in [-0.25, -0.2) is 0 Å². The van der Waals surface area contributed by atoms with Crippen molar-refractivity contribution in [2.45, 2.75) is 12.5 Å². The second kappa shape index (κ2) is 7.55. The van der Waals surface area contributed by atoms with E-state index in [0.717, 1.165) is 5.56 Å². The summed E-state index contributed by atoms with van der Waals surface area (Å²) in [6, 6.07) is 12.4. The number of aliphatic hydroxyl groups excluding tert-OH is 1. The Bertz CT molecular complexity index is 602. The van der Waals surface area contributed by atoms with Gasteiger partial charge in [-0.2, -0.15) is 0 Å². The average Bonchev–Trinajstić information content (AvgIpc) is 2.45. The minimum absolute atomic E-state index is 0.163.